The van der Waals surface area contributed by atoms with Crippen molar-refractivity contribution in [1.82, 2.24) is 4.98 Å². The van der Waals surface area contributed by atoms with Gasteiger partial charge in [-0.25, -0.2) is 0 Å². The van der Waals surface area contributed by atoms with E-state index in [1.807, 2.05) is 12.3 Å². The van der Waals surface area contributed by atoms with Gasteiger partial charge in [0.25, 0.3) is 0 Å². The molecule has 0 fully saturated rings. The first kappa shape index (κ1) is 17.0. The summed E-state index contributed by atoms with van der Waals surface area (Å²) in [6.45, 7) is 15.5. The monoisotopic (exact) mass is 277 g/mol. The van der Waals surface area contributed by atoms with Gasteiger partial charge in [0.1, 0.15) is 5.75 Å². The lowest BCUT2D eigenvalue weighted by Gasteiger charge is -2.21. The highest BCUT2D eigenvalue weighted by Crippen LogP contribution is 2.25. The smallest absolute Gasteiger partial charge is 0.123 e. The number of aromatic nitrogens is 1. The second-order valence-electron chi connectivity index (χ2n) is 8.01. The summed E-state index contributed by atoms with van der Waals surface area (Å²) in [5, 5.41) is 0. The van der Waals surface area contributed by atoms with Crippen LogP contribution in [0.15, 0.2) is 18.3 Å². The quantitative estimate of drug-likeness (QED) is 0.722. The van der Waals surface area contributed by atoms with Crippen LogP contribution < -0.4 is 4.74 Å². The van der Waals surface area contributed by atoms with Crippen LogP contribution in [0.25, 0.3) is 0 Å². The second-order valence-corrected chi connectivity index (χ2v) is 8.01. The molecule has 0 aliphatic carbocycles. The Balaban J connectivity index is 2.52. The molecule has 2 nitrogen and oxygen atoms in total. The zero-order chi connectivity index (χ0) is 15.4. The molecular weight excluding hydrogens is 246 g/mol. The van der Waals surface area contributed by atoms with Crippen LogP contribution in [0.2, 0.25) is 0 Å². The van der Waals surface area contributed by atoms with Crippen molar-refractivity contribution in [1.29, 1.82) is 0 Å². The molecule has 2 heteroatoms. The van der Waals surface area contributed by atoms with Gasteiger partial charge in [-0.3, -0.25) is 4.98 Å². The van der Waals surface area contributed by atoms with Gasteiger partial charge in [-0.15, -0.1) is 0 Å². The SMILES string of the molecule is CC(CCCC(C)(C)C)Oc1ccnc(C(C)(C)C)c1. The highest BCUT2D eigenvalue weighted by atomic mass is 16.5. The molecule has 114 valence electrons. The third-order valence-corrected chi connectivity index (χ3v) is 3.37. The Kier molecular flexibility index (Phi) is 5.61. The van der Waals surface area contributed by atoms with Crippen molar-refractivity contribution < 1.29 is 4.74 Å². The maximum Gasteiger partial charge on any atom is 0.123 e. The standard InChI is InChI=1S/C18H31NO/c1-14(9-8-11-17(2,3)4)20-15-10-12-19-16(13-15)18(5,6)7/h10,12-14H,8-9,11H2,1-7H3. The normalized spacial score (nSPS) is 14.2. The average Bonchev–Trinajstić information content (AvgIpc) is 2.26. The van der Waals surface area contributed by atoms with Gasteiger partial charge < -0.3 is 4.74 Å². The molecule has 0 saturated carbocycles. The topological polar surface area (TPSA) is 22.1 Å². The lowest BCUT2D eigenvalue weighted by atomic mass is 9.89. The molecule has 20 heavy (non-hydrogen) atoms. The van der Waals surface area contributed by atoms with Crippen molar-refractivity contribution in [2.24, 2.45) is 5.41 Å². The van der Waals surface area contributed by atoms with E-state index < -0.39 is 0 Å². The molecular formula is C18H31NO. The predicted octanol–water partition coefficient (Wildman–Crippen LogP) is 5.36. The Morgan fingerprint density at radius 1 is 1.15 bits per heavy atom. The summed E-state index contributed by atoms with van der Waals surface area (Å²) in [7, 11) is 0. The van der Waals surface area contributed by atoms with Crippen LogP contribution in [0, 0.1) is 5.41 Å². The van der Waals surface area contributed by atoms with Gasteiger partial charge in [-0.2, -0.15) is 0 Å². The first-order chi connectivity index (χ1) is 9.08. The van der Waals surface area contributed by atoms with E-state index in [9.17, 15) is 0 Å². The number of pyridine rings is 1. The highest BCUT2D eigenvalue weighted by Gasteiger charge is 2.16. The van der Waals surface area contributed by atoms with Gasteiger partial charge in [0.15, 0.2) is 0 Å². The number of ether oxygens (including phenoxy) is 1. The predicted molar refractivity (Wildman–Crippen MR) is 86.3 cm³/mol. The molecule has 1 rings (SSSR count). The third-order valence-electron chi connectivity index (χ3n) is 3.37. The molecule has 1 aromatic rings. The van der Waals surface area contributed by atoms with Crippen LogP contribution in [0.1, 0.15) is 73.4 Å². The maximum atomic E-state index is 6.02. The van der Waals surface area contributed by atoms with E-state index in [0.29, 0.717) is 5.41 Å². The molecule has 0 aliphatic rings. The molecule has 0 aromatic carbocycles. The largest absolute Gasteiger partial charge is 0.491 e. The van der Waals surface area contributed by atoms with Gasteiger partial charge in [0.05, 0.1) is 6.10 Å². The minimum absolute atomic E-state index is 0.0643. The fourth-order valence-corrected chi connectivity index (χ4v) is 2.11. The van der Waals surface area contributed by atoms with E-state index in [1.54, 1.807) is 0 Å². The molecule has 0 amide bonds. The lowest BCUT2D eigenvalue weighted by molar-refractivity contribution is 0.198. The molecule has 0 N–H and O–H groups in total. The van der Waals surface area contributed by atoms with Gasteiger partial charge in [-0.05, 0) is 37.7 Å². The Bertz CT molecular complexity index is 412. The summed E-state index contributed by atoms with van der Waals surface area (Å²) in [5.41, 5.74) is 1.56. The molecule has 0 saturated heterocycles. The van der Waals surface area contributed by atoms with Crippen LogP contribution in [-0.4, -0.2) is 11.1 Å². The Morgan fingerprint density at radius 2 is 1.80 bits per heavy atom. The molecule has 1 heterocycles. The average molecular weight is 277 g/mol. The first-order valence-corrected chi connectivity index (χ1v) is 7.71. The minimum Gasteiger partial charge on any atom is -0.491 e. The first-order valence-electron chi connectivity index (χ1n) is 7.71. The summed E-state index contributed by atoms with van der Waals surface area (Å²) in [4.78, 5) is 4.43. The Labute approximate surface area is 125 Å². The highest BCUT2D eigenvalue weighted by molar-refractivity contribution is 5.26. The zero-order valence-corrected chi connectivity index (χ0v) is 14.3. The summed E-state index contributed by atoms with van der Waals surface area (Å²) in [5.74, 6) is 0.938. The van der Waals surface area contributed by atoms with Gasteiger partial charge >= 0.3 is 0 Å². The van der Waals surface area contributed by atoms with Crippen molar-refractivity contribution >= 4 is 0 Å². The van der Waals surface area contributed by atoms with Crippen molar-refractivity contribution in [3.63, 3.8) is 0 Å². The minimum atomic E-state index is 0.0643. The summed E-state index contributed by atoms with van der Waals surface area (Å²) in [6, 6.07) is 4.02. The van der Waals surface area contributed by atoms with Crippen molar-refractivity contribution in [3.8, 4) is 5.75 Å². The molecule has 0 spiro atoms. The van der Waals surface area contributed by atoms with Crippen molar-refractivity contribution in [3.05, 3.63) is 24.0 Å². The molecule has 0 bridgehead atoms. The fourth-order valence-electron chi connectivity index (χ4n) is 2.11. The Morgan fingerprint density at radius 3 is 2.35 bits per heavy atom. The zero-order valence-electron chi connectivity index (χ0n) is 14.3. The van der Waals surface area contributed by atoms with E-state index in [0.717, 1.165) is 17.9 Å². The molecule has 1 atom stereocenters. The van der Waals surface area contributed by atoms with E-state index in [2.05, 4.69) is 59.5 Å². The van der Waals surface area contributed by atoms with Gasteiger partial charge in [0.2, 0.25) is 0 Å². The number of hydrogen-bond donors (Lipinski definition) is 0. The van der Waals surface area contributed by atoms with Gasteiger partial charge in [0, 0.05) is 23.4 Å². The number of hydrogen-bond acceptors (Lipinski definition) is 2. The second kappa shape index (κ2) is 6.60. The summed E-state index contributed by atoms with van der Waals surface area (Å²) >= 11 is 0. The van der Waals surface area contributed by atoms with Crippen LogP contribution >= 0.6 is 0 Å². The van der Waals surface area contributed by atoms with Crippen LogP contribution in [-0.2, 0) is 5.41 Å². The Hall–Kier alpha value is -1.05. The number of nitrogens with zero attached hydrogens (tertiary/aromatic N) is 1. The molecule has 0 aliphatic heterocycles. The van der Waals surface area contributed by atoms with Crippen molar-refractivity contribution in [2.75, 3.05) is 0 Å². The van der Waals surface area contributed by atoms with Crippen LogP contribution in [0.3, 0.4) is 0 Å². The fraction of sp³-hybridized carbons (Fsp3) is 0.722. The van der Waals surface area contributed by atoms with Crippen LogP contribution in [0.5, 0.6) is 5.75 Å². The molecule has 1 unspecified atom stereocenters. The summed E-state index contributed by atoms with van der Waals surface area (Å²) in [6.07, 6.45) is 5.65. The maximum absolute atomic E-state index is 6.02. The third kappa shape index (κ3) is 6.40. The van der Waals surface area contributed by atoms with E-state index >= 15 is 0 Å². The summed E-state index contributed by atoms with van der Waals surface area (Å²) < 4.78 is 6.02. The van der Waals surface area contributed by atoms with E-state index in [1.165, 1.54) is 12.8 Å². The molecule has 0 radical (unpaired) electrons. The van der Waals surface area contributed by atoms with Gasteiger partial charge in [-0.1, -0.05) is 41.5 Å². The van der Waals surface area contributed by atoms with Crippen molar-refractivity contribution in [2.45, 2.75) is 79.2 Å². The van der Waals surface area contributed by atoms with Crippen LogP contribution in [0.4, 0.5) is 0 Å². The lowest BCUT2D eigenvalue weighted by Crippen LogP contribution is -2.16. The number of rotatable bonds is 5. The molecule has 1 aromatic heterocycles. The van der Waals surface area contributed by atoms with E-state index in [4.69, 9.17) is 4.74 Å². The van der Waals surface area contributed by atoms with E-state index in [-0.39, 0.29) is 11.5 Å².